The van der Waals surface area contributed by atoms with Crippen molar-refractivity contribution >= 4 is 6.21 Å². The number of rotatable bonds is 4. The number of allylic oxidation sites excluding steroid dienone is 1. The first kappa shape index (κ1) is 14.7. The van der Waals surface area contributed by atoms with E-state index in [4.69, 9.17) is 16.9 Å². The molecule has 0 fully saturated rings. The summed E-state index contributed by atoms with van der Waals surface area (Å²) in [6, 6.07) is 0.0369. The van der Waals surface area contributed by atoms with E-state index in [9.17, 15) is 0 Å². The zero-order chi connectivity index (χ0) is 12.9. The molecule has 0 aliphatic rings. The van der Waals surface area contributed by atoms with E-state index in [-0.39, 0.29) is 11.5 Å². The molecule has 1 unspecified atom stereocenters. The third-order valence-corrected chi connectivity index (χ3v) is 2.63. The van der Waals surface area contributed by atoms with E-state index < -0.39 is 0 Å². The molecule has 0 heterocycles. The number of nitrogens with one attached hydrogen (secondary N) is 2. The molecule has 0 aromatic heterocycles. The van der Waals surface area contributed by atoms with E-state index >= 15 is 0 Å². The molecule has 16 heavy (non-hydrogen) atoms. The molecule has 0 saturated carbocycles. The van der Waals surface area contributed by atoms with Crippen molar-refractivity contribution in [1.82, 2.24) is 5.32 Å². The first-order chi connectivity index (χ1) is 7.29. The first-order valence-corrected chi connectivity index (χ1v) is 5.39. The van der Waals surface area contributed by atoms with Crippen LogP contribution in [-0.4, -0.2) is 19.3 Å². The summed E-state index contributed by atoms with van der Waals surface area (Å²) in [5.74, 6) is 0. The second-order valence-electron chi connectivity index (χ2n) is 4.85. The second-order valence-corrected chi connectivity index (χ2v) is 4.85. The number of hydrogen-bond acceptors (Lipinski definition) is 4. The molecule has 0 saturated heterocycles. The molecule has 0 radical (unpaired) electrons. The Bertz CT molecular complexity index is 307. The molecule has 4 nitrogen and oxygen atoms in total. The average molecular weight is 224 g/mol. The lowest BCUT2D eigenvalue weighted by atomic mass is 9.83. The summed E-state index contributed by atoms with van der Waals surface area (Å²) in [6.45, 7) is 8.10. The Morgan fingerprint density at radius 1 is 1.38 bits per heavy atom. The van der Waals surface area contributed by atoms with Gasteiger partial charge in [0, 0.05) is 23.5 Å². The summed E-state index contributed by atoms with van der Waals surface area (Å²) in [6.07, 6.45) is 2.81. The van der Waals surface area contributed by atoms with E-state index in [0.717, 1.165) is 11.1 Å². The van der Waals surface area contributed by atoms with Gasteiger partial charge in [0.2, 0.25) is 0 Å². The van der Waals surface area contributed by atoms with E-state index in [2.05, 4.69) is 5.32 Å². The second kappa shape index (κ2) is 5.70. The number of hydrogen-bond donors (Lipinski definition) is 4. The van der Waals surface area contributed by atoms with Crippen molar-refractivity contribution in [3.8, 4) is 0 Å². The summed E-state index contributed by atoms with van der Waals surface area (Å²) < 4.78 is 0. The molecule has 0 rings (SSSR count). The van der Waals surface area contributed by atoms with Gasteiger partial charge in [-0.3, -0.25) is 0 Å². The van der Waals surface area contributed by atoms with Crippen LogP contribution in [0, 0.1) is 10.8 Å². The highest BCUT2D eigenvalue weighted by Gasteiger charge is 2.22. The number of nitrogens with two attached hydrogens (primary N) is 2. The van der Waals surface area contributed by atoms with E-state index in [0.29, 0.717) is 5.70 Å². The van der Waals surface area contributed by atoms with Crippen LogP contribution in [0.2, 0.25) is 0 Å². The first-order valence-electron chi connectivity index (χ1n) is 5.39. The van der Waals surface area contributed by atoms with Gasteiger partial charge in [-0.05, 0) is 31.2 Å². The van der Waals surface area contributed by atoms with Gasteiger partial charge >= 0.3 is 0 Å². The fourth-order valence-electron chi connectivity index (χ4n) is 1.49. The molecule has 0 aromatic rings. The molecule has 1 atom stereocenters. The average Bonchev–Trinajstić information content (AvgIpc) is 2.17. The lowest BCUT2D eigenvalue weighted by molar-refractivity contribution is 0.506. The van der Waals surface area contributed by atoms with Crippen LogP contribution in [0.15, 0.2) is 23.0 Å². The normalized spacial score (nSPS) is 16.7. The predicted molar refractivity (Wildman–Crippen MR) is 70.2 cm³/mol. The van der Waals surface area contributed by atoms with E-state index in [1.54, 1.807) is 0 Å². The molecule has 6 N–H and O–H groups in total. The van der Waals surface area contributed by atoms with Crippen molar-refractivity contribution in [1.29, 1.82) is 5.41 Å². The maximum atomic E-state index is 7.43. The highest BCUT2D eigenvalue weighted by molar-refractivity contribution is 5.80. The SMILES string of the molecule is CNC(C)/C(C=N)=C(\N)C(=CN)C(C)(C)C. The lowest BCUT2D eigenvalue weighted by Crippen LogP contribution is -2.29. The molecule has 0 spiro atoms. The van der Waals surface area contributed by atoms with Crippen LogP contribution in [-0.2, 0) is 0 Å². The summed E-state index contributed by atoms with van der Waals surface area (Å²) in [5, 5.41) is 10.5. The van der Waals surface area contributed by atoms with Crippen LogP contribution in [0.3, 0.4) is 0 Å². The minimum atomic E-state index is -0.124. The Morgan fingerprint density at radius 3 is 2.12 bits per heavy atom. The molecule has 4 heteroatoms. The maximum Gasteiger partial charge on any atom is 0.0430 e. The van der Waals surface area contributed by atoms with E-state index in [1.807, 2.05) is 34.7 Å². The van der Waals surface area contributed by atoms with Gasteiger partial charge in [0.25, 0.3) is 0 Å². The largest absolute Gasteiger partial charge is 0.404 e. The Morgan fingerprint density at radius 2 is 1.88 bits per heavy atom. The topological polar surface area (TPSA) is 87.9 Å². The minimum Gasteiger partial charge on any atom is -0.404 e. The van der Waals surface area contributed by atoms with Crippen LogP contribution in [0.1, 0.15) is 27.7 Å². The molecular formula is C12H24N4. The molecule has 92 valence electrons. The fourth-order valence-corrected chi connectivity index (χ4v) is 1.49. The minimum absolute atomic E-state index is 0.0369. The van der Waals surface area contributed by atoms with Crippen LogP contribution in [0.25, 0.3) is 0 Å². The molecule has 0 bridgehead atoms. The molecule has 0 aromatic carbocycles. The highest BCUT2D eigenvalue weighted by Crippen LogP contribution is 2.29. The van der Waals surface area contributed by atoms with Crippen LogP contribution >= 0.6 is 0 Å². The Kier molecular flexibility index (Phi) is 5.24. The van der Waals surface area contributed by atoms with Crippen molar-refractivity contribution in [2.24, 2.45) is 16.9 Å². The number of likely N-dealkylation sites (N-methyl/N-ethyl adjacent to an activating group) is 1. The summed E-state index contributed by atoms with van der Waals surface area (Å²) in [4.78, 5) is 0. The van der Waals surface area contributed by atoms with Crippen LogP contribution in [0.5, 0.6) is 0 Å². The third-order valence-electron chi connectivity index (χ3n) is 2.63. The van der Waals surface area contributed by atoms with Gasteiger partial charge < -0.3 is 22.2 Å². The molecular weight excluding hydrogens is 200 g/mol. The van der Waals surface area contributed by atoms with Gasteiger partial charge in [-0.1, -0.05) is 20.8 Å². The van der Waals surface area contributed by atoms with Gasteiger partial charge in [0.05, 0.1) is 0 Å². The fraction of sp³-hybridized carbons (Fsp3) is 0.583. The molecule has 0 aliphatic heterocycles. The highest BCUT2D eigenvalue weighted by atomic mass is 14.9. The summed E-state index contributed by atoms with van der Waals surface area (Å²) in [7, 11) is 1.84. The monoisotopic (exact) mass is 224 g/mol. The smallest absolute Gasteiger partial charge is 0.0430 e. The lowest BCUT2D eigenvalue weighted by Gasteiger charge is -2.25. The van der Waals surface area contributed by atoms with E-state index in [1.165, 1.54) is 12.4 Å². The Balaban J connectivity index is 5.49. The zero-order valence-corrected chi connectivity index (χ0v) is 10.9. The van der Waals surface area contributed by atoms with Gasteiger partial charge in [-0.15, -0.1) is 0 Å². The predicted octanol–water partition coefficient (Wildman–Crippen LogP) is 1.35. The maximum absolute atomic E-state index is 7.43. The summed E-state index contributed by atoms with van der Waals surface area (Å²) in [5.41, 5.74) is 13.8. The third kappa shape index (κ3) is 3.38. The standard InChI is InChI=1S/C12H24N4/c1-8(16-5)9(6-13)11(15)10(7-14)12(2,3)4/h6-8,13,16H,14-15H2,1-5H3/b10-7?,11-9-,13-6?. The van der Waals surface area contributed by atoms with Crippen molar-refractivity contribution in [2.45, 2.75) is 33.7 Å². The molecule has 0 amide bonds. The summed E-state index contributed by atoms with van der Waals surface area (Å²) >= 11 is 0. The van der Waals surface area contributed by atoms with Crippen molar-refractivity contribution < 1.29 is 0 Å². The van der Waals surface area contributed by atoms with Crippen LogP contribution in [0.4, 0.5) is 0 Å². The van der Waals surface area contributed by atoms with Crippen molar-refractivity contribution in [3.05, 3.63) is 23.0 Å². The van der Waals surface area contributed by atoms with Crippen LogP contribution < -0.4 is 16.8 Å². The zero-order valence-electron chi connectivity index (χ0n) is 10.9. The van der Waals surface area contributed by atoms with Gasteiger partial charge in [-0.2, -0.15) is 0 Å². The Hall–Kier alpha value is -1.29. The van der Waals surface area contributed by atoms with Crippen molar-refractivity contribution in [3.63, 3.8) is 0 Å². The van der Waals surface area contributed by atoms with Gasteiger partial charge in [0.1, 0.15) is 0 Å². The van der Waals surface area contributed by atoms with Gasteiger partial charge in [-0.25, -0.2) is 0 Å². The quantitative estimate of drug-likeness (QED) is 0.429. The van der Waals surface area contributed by atoms with Gasteiger partial charge in [0.15, 0.2) is 0 Å². The van der Waals surface area contributed by atoms with Crippen molar-refractivity contribution in [2.75, 3.05) is 7.05 Å². The Labute approximate surface area is 98.3 Å². The molecule has 0 aliphatic carbocycles.